The molecule has 2 nitrogen and oxygen atoms in total. The van der Waals surface area contributed by atoms with Gasteiger partial charge in [-0.1, -0.05) is 25.1 Å². The lowest BCUT2D eigenvalue weighted by Crippen LogP contribution is -2.00. The van der Waals surface area contributed by atoms with Gasteiger partial charge in [0.15, 0.2) is 0 Å². The van der Waals surface area contributed by atoms with Crippen LogP contribution in [0.5, 0.6) is 0 Å². The summed E-state index contributed by atoms with van der Waals surface area (Å²) in [5.41, 5.74) is 2.16. The highest BCUT2D eigenvalue weighted by Gasteiger charge is 2.07. The molecule has 0 saturated carbocycles. The zero-order valence-electron chi connectivity index (χ0n) is 8.14. The van der Waals surface area contributed by atoms with Crippen molar-refractivity contribution in [1.29, 1.82) is 0 Å². The smallest absolute Gasteiger partial charge is 0.0704 e. The normalized spacial score (nSPS) is 13.0. The van der Waals surface area contributed by atoms with Crippen LogP contribution in [0.1, 0.15) is 18.4 Å². The molecule has 2 heteroatoms. The van der Waals surface area contributed by atoms with Gasteiger partial charge in [-0.3, -0.25) is 4.98 Å². The minimum Gasteiger partial charge on any atom is -0.396 e. The number of hydrogen-bond donors (Lipinski definition) is 1. The topological polar surface area (TPSA) is 33.1 Å². The first kappa shape index (κ1) is 9.16. The molecule has 1 aromatic carbocycles. The monoisotopic (exact) mass is 187 g/mol. The number of hydrogen-bond acceptors (Lipinski definition) is 2. The molecule has 2 aromatic rings. The minimum absolute atomic E-state index is 0.169. The van der Waals surface area contributed by atoms with E-state index in [1.165, 1.54) is 0 Å². The number of aromatic nitrogens is 1. The lowest BCUT2D eigenvalue weighted by atomic mass is 9.98. The molecule has 1 heterocycles. The minimum atomic E-state index is 0.169. The van der Waals surface area contributed by atoms with Gasteiger partial charge in [0.1, 0.15) is 0 Å². The van der Waals surface area contributed by atoms with Gasteiger partial charge in [0.2, 0.25) is 0 Å². The molecule has 1 aromatic heterocycles. The Hall–Kier alpha value is -1.41. The van der Waals surface area contributed by atoms with Crippen LogP contribution in [0.15, 0.2) is 36.5 Å². The summed E-state index contributed by atoms with van der Waals surface area (Å²) in [4.78, 5) is 4.28. The van der Waals surface area contributed by atoms with Gasteiger partial charge >= 0.3 is 0 Å². The summed E-state index contributed by atoms with van der Waals surface area (Å²) in [5.74, 6) is 0.169. The first-order valence-corrected chi connectivity index (χ1v) is 4.77. The second-order valence-corrected chi connectivity index (χ2v) is 3.50. The average molecular weight is 187 g/mol. The Labute approximate surface area is 83.2 Å². The maximum absolute atomic E-state index is 9.13. The molecule has 0 aliphatic heterocycles. The van der Waals surface area contributed by atoms with Crippen molar-refractivity contribution in [2.24, 2.45) is 0 Å². The standard InChI is InChI=1S/C12H13NO/c1-9(8-14)10-6-7-13-12-5-3-2-4-11(10)12/h2-7,9,14H,8H2,1H3/t9-/m1/s1. The van der Waals surface area contributed by atoms with E-state index in [1.807, 2.05) is 37.3 Å². The third-order valence-electron chi connectivity index (χ3n) is 2.49. The van der Waals surface area contributed by atoms with Gasteiger partial charge in [-0.25, -0.2) is 0 Å². The highest BCUT2D eigenvalue weighted by Crippen LogP contribution is 2.23. The predicted molar refractivity (Wildman–Crippen MR) is 57.2 cm³/mol. The molecule has 0 unspecified atom stereocenters. The van der Waals surface area contributed by atoms with E-state index in [0.29, 0.717) is 0 Å². The highest BCUT2D eigenvalue weighted by atomic mass is 16.3. The van der Waals surface area contributed by atoms with Crippen LogP contribution in [0.3, 0.4) is 0 Å². The third kappa shape index (κ3) is 1.49. The lowest BCUT2D eigenvalue weighted by molar-refractivity contribution is 0.273. The number of nitrogens with zero attached hydrogens (tertiary/aromatic N) is 1. The molecule has 1 atom stereocenters. The summed E-state index contributed by atoms with van der Waals surface area (Å²) in [6, 6.07) is 9.98. The Morgan fingerprint density at radius 2 is 2.07 bits per heavy atom. The van der Waals surface area contributed by atoms with Crippen molar-refractivity contribution in [2.75, 3.05) is 6.61 Å². The maximum Gasteiger partial charge on any atom is 0.0704 e. The molecule has 2 rings (SSSR count). The zero-order valence-corrected chi connectivity index (χ0v) is 8.14. The Kier molecular flexibility index (Phi) is 2.46. The Bertz CT molecular complexity index is 434. The molecule has 0 fully saturated rings. The van der Waals surface area contributed by atoms with Crippen molar-refractivity contribution < 1.29 is 5.11 Å². The molecule has 0 saturated heterocycles. The first-order valence-electron chi connectivity index (χ1n) is 4.77. The summed E-state index contributed by atoms with van der Waals surface area (Å²) in [6.45, 7) is 2.19. The van der Waals surface area contributed by atoms with Gasteiger partial charge in [-0.15, -0.1) is 0 Å². The number of rotatable bonds is 2. The van der Waals surface area contributed by atoms with Crippen LogP contribution in [0.25, 0.3) is 10.9 Å². The summed E-state index contributed by atoms with van der Waals surface area (Å²) in [6.07, 6.45) is 1.80. The first-order chi connectivity index (χ1) is 6.83. The van der Waals surface area contributed by atoms with Gasteiger partial charge in [0.25, 0.3) is 0 Å². The Balaban J connectivity index is 2.65. The largest absolute Gasteiger partial charge is 0.396 e. The van der Waals surface area contributed by atoms with Crippen LogP contribution in [0.2, 0.25) is 0 Å². The van der Waals surface area contributed by atoms with Crippen molar-refractivity contribution in [3.05, 3.63) is 42.1 Å². The van der Waals surface area contributed by atoms with E-state index in [4.69, 9.17) is 5.11 Å². The maximum atomic E-state index is 9.13. The molecule has 0 radical (unpaired) electrons. The number of para-hydroxylation sites is 1. The molecular weight excluding hydrogens is 174 g/mol. The molecule has 0 bridgehead atoms. The van der Waals surface area contributed by atoms with E-state index in [-0.39, 0.29) is 12.5 Å². The van der Waals surface area contributed by atoms with E-state index in [0.717, 1.165) is 16.5 Å². The second kappa shape index (κ2) is 3.76. The fourth-order valence-corrected chi connectivity index (χ4v) is 1.65. The second-order valence-electron chi connectivity index (χ2n) is 3.50. The van der Waals surface area contributed by atoms with Crippen LogP contribution in [-0.2, 0) is 0 Å². The van der Waals surface area contributed by atoms with Crippen LogP contribution in [0.4, 0.5) is 0 Å². The molecule has 72 valence electrons. The number of aliphatic hydroxyl groups excluding tert-OH is 1. The van der Waals surface area contributed by atoms with Gasteiger partial charge in [-0.05, 0) is 17.7 Å². The van der Waals surface area contributed by atoms with Crippen molar-refractivity contribution in [2.45, 2.75) is 12.8 Å². The summed E-state index contributed by atoms with van der Waals surface area (Å²) in [7, 11) is 0. The fraction of sp³-hybridized carbons (Fsp3) is 0.250. The summed E-state index contributed by atoms with van der Waals surface area (Å²) >= 11 is 0. The third-order valence-corrected chi connectivity index (χ3v) is 2.49. The van der Waals surface area contributed by atoms with E-state index in [9.17, 15) is 0 Å². The van der Waals surface area contributed by atoms with Crippen LogP contribution < -0.4 is 0 Å². The van der Waals surface area contributed by atoms with E-state index in [2.05, 4.69) is 4.98 Å². The Morgan fingerprint density at radius 3 is 2.86 bits per heavy atom. The van der Waals surface area contributed by atoms with Crippen LogP contribution in [0, 0.1) is 0 Å². The van der Waals surface area contributed by atoms with Gasteiger partial charge in [0, 0.05) is 24.1 Å². The van der Waals surface area contributed by atoms with Gasteiger partial charge in [-0.2, -0.15) is 0 Å². The molecular formula is C12H13NO. The molecule has 0 spiro atoms. The Morgan fingerprint density at radius 1 is 1.29 bits per heavy atom. The zero-order chi connectivity index (χ0) is 9.97. The van der Waals surface area contributed by atoms with Crippen molar-refractivity contribution in [3.8, 4) is 0 Å². The van der Waals surface area contributed by atoms with Crippen molar-refractivity contribution >= 4 is 10.9 Å². The number of aliphatic hydroxyl groups is 1. The molecule has 1 N–H and O–H groups in total. The quantitative estimate of drug-likeness (QED) is 0.782. The van der Waals surface area contributed by atoms with E-state index < -0.39 is 0 Å². The number of benzene rings is 1. The lowest BCUT2D eigenvalue weighted by Gasteiger charge is -2.10. The molecule has 0 amide bonds. The van der Waals surface area contributed by atoms with Crippen molar-refractivity contribution in [1.82, 2.24) is 4.98 Å². The number of fused-ring (bicyclic) bond motifs is 1. The van der Waals surface area contributed by atoms with Crippen LogP contribution in [-0.4, -0.2) is 16.7 Å². The molecule has 0 aliphatic carbocycles. The summed E-state index contributed by atoms with van der Waals surface area (Å²) < 4.78 is 0. The molecule has 14 heavy (non-hydrogen) atoms. The fourth-order valence-electron chi connectivity index (χ4n) is 1.65. The SMILES string of the molecule is C[C@H](CO)c1ccnc2ccccc12. The van der Waals surface area contributed by atoms with Crippen LogP contribution >= 0.6 is 0 Å². The van der Waals surface area contributed by atoms with E-state index in [1.54, 1.807) is 6.20 Å². The summed E-state index contributed by atoms with van der Waals surface area (Å²) in [5, 5.41) is 10.3. The van der Waals surface area contributed by atoms with Gasteiger partial charge < -0.3 is 5.11 Å². The van der Waals surface area contributed by atoms with E-state index >= 15 is 0 Å². The molecule has 0 aliphatic rings. The highest BCUT2D eigenvalue weighted by molar-refractivity contribution is 5.82. The van der Waals surface area contributed by atoms with Crippen molar-refractivity contribution in [3.63, 3.8) is 0 Å². The van der Waals surface area contributed by atoms with Gasteiger partial charge in [0.05, 0.1) is 5.52 Å². The number of pyridine rings is 1. The predicted octanol–water partition coefficient (Wildman–Crippen LogP) is 2.33. The average Bonchev–Trinajstić information content (AvgIpc) is 2.27.